The highest BCUT2D eigenvalue weighted by Crippen LogP contribution is 2.51. The van der Waals surface area contributed by atoms with Gasteiger partial charge in [0.25, 0.3) is 0 Å². The molecule has 4 aromatic rings. The van der Waals surface area contributed by atoms with Crippen LogP contribution in [0.5, 0.6) is 0 Å². The van der Waals surface area contributed by atoms with Crippen molar-refractivity contribution in [3.63, 3.8) is 0 Å². The Bertz CT molecular complexity index is 1430. The fourth-order valence-corrected chi connectivity index (χ4v) is 7.47. The lowest BCUT2D eigenvalue weighted by Crippen LogP contribution is -2.27. The molecule has 3 N–H and O–H groups in total. The van der Waals surface area contributed by atoms with E-state index in [4.69, 9.17) is 51.5 Å². The van der Waals surface area contributed by atoms with E-state index in [2.05, 4.69) is 73.3 Å². The SMILES string of the molecule is CN[C@H]1CC[C@@H](c2ccc(Cl)c(Cl)c2)c2c1ccc1ccc3c(c21)[C@H](c1ccc(Cl)c(Cl)c1)CC[C@@H]3NC.CO. The predicted octanol–water partition coefficient (Wildman–Crippen LogP) is 9.43. The summed E-state index contributed by atoms with van der Waals surface area (Å²) in [5.74, 6) is 0.452. The Kier molecular flexibility index (Phi) is 9.34. The van der Waals surface area contributed by atoms with Crippen LogP contribution in [-0.4, -0.2) is 26.3 Å². The van der Waals surface area contributed by atoms with Crippen LogP contribution in [0.2, 0.25) is 20.1 Å². The maximum Gasteiger partial charge on any atom is 0.0595 e. The van der Waals surface area contributed by atoms with Crippen LogP contribution >= 0.6 is 46.4 Å². The Morgan fingerprint density at radius 3 is 1.38 bits per heavy atom. The minimum absolute atomic E-state index is 0.226. The molecule has 0 bridgehead atoms. The van der Waals surface area contributed by atoms with E-state index in [0.717, 1.165) is 32.8 Å². The van der Waals surface area contributed by atoms with E-state index in [1.165, 1.54) is 44.2 Å². The molecule has 7 heteroatoms. The van der Waals surface area contributed by atoms with Crippen LogP contribution in [-0.2, 0) is 0 Å². The lowest BCUT2D eigenvalue weighted by molar-refractivity contribution is 0.399. The lowest BCUT2D eigenvalue weighted by Gasteiger charge is -2.38. The van der Waals surface area contributed by atoms with Crippen molar-refractivity contribution < 1.29 is 5.11 Å². The van der Waals surface area contributed by atoms with Crippen LogP contribution in [0.25, 0.3) is 10.8 Å². The third-order valence-electron chi connectivity index (χ3n) is 8.66. The second-order valence-corrected chi connectivity index (χ2v) is 12.2. The van der Waals surface area contributed by atoms with Gasteiger partial charge in [0.15, 0.2) is 0 Å². The number of aliphatic hydroxyl groups excluding tert-OH is 1. The number of fused-ring (bicyclic) bond motifs is 5. The molecule has 0 fully saturated rings. The van der Waals surface area contributed by atoms with Gasteiger partial charge in [-0.1, -0.05) is 82.8 Å². The van der Waals surface area contributed by atoms with Crippen LogP contribution in [0.1, 0.15) is 83.0 Å². The highest BCUT2D eigenvalue weighted by atomic mass is 35.5. The smallest absolute Gasteiger partial charge is 0.0595 e. The van der Waals surface area contributed by atoms with E-state index < -0.39 is 0 Å². The first kappa shape index (κ1) is 29.7. The quantitative estimate of drug-likeness (QED) is 0.214. The first-order valence-corrected chi connectivity index (χ1v) is 15.2. The van der Waals surface area contributed by atoms with E-state index >= 15 is 0 Å². The molecule has 0 saturated heterocycles. The third-order valence-corrected chi connectivity index (χ3v) is 10.1. The summed E-state index contributed by atoms with van der Waals surface area (Å²) in [5, 5.41) is 19.2. The summed E-state index contributed by atoms with van der Waals surface area (Å²) in [6.07, 6.45) is 4.19. The van der Waals surface area contributed by atoms with Gasteiger partial charge in [-0.15, -0.1) is 0 Å². The summed E-state index contributed by atoms with van der Waals surface area (Å²) in [5.41, 5.74) is 7.99. The molecule has 0 aliphatic heterocycles. The van der Waals surface area contributed by atoms with Crippen molar-refractivity contribution in [1.82, 2.24) is 10.6 Å². The van der Waals surface area contributed by atoms with Gasteiger partial charge in [-0.25, -0.2) is 0 Å². The third kappa shape index (κ3) is 5.27. The molecule has 3 nitrogen and oxygen atoms in total. The molecule has 4 atom stereocenters. The molecule has 4 aromatic carbocycles. The Balaban J connectivity index is 0.00000158. The average Bonchev–Trinajstić information content (AvgIpc) is 2.99. The summed E-state index contributed by atoms with van der Waals surface area (Å²) in [6.45, 7) is 0. The Labute approximate surface area is 256 Å². The number of benzene rings is 4. The summed E-state index contributed by atoms with van der Waals surface area (Å²) >= 11 is 25.7. The zero-order chi connectivity index (χ0) is 28.6. The van der Waals surface area contributed by atoms with E-state index in [0.29, 0.717) is 32.2 Å². The van der Waals surface area contributed by atoms with E-state index in [9.17, 15) is 0 Å². The van der Waals surface area contributed by atoms with E-state index in [-0.39, 0.29) is 11.8 Å². The maximum absolute atomic E-state index is 7.00. The van der Waals surface area contributed by atoms with Crippen LogP contribution < -0.4 is 10.6 Å². The first-order chi connectivity index (χ1) is 19.4. The van der Waals surface area contributed by atoms with Gasteiger partial charge in [-0.05, 0) is 108 Å². The highest BCUT2D eigenvalue weighted by molar-refractivity contribution is 6.42. The van der Waals surface area contributed by atoms with Crippen molar-refractivity contribution in [2.75, 3.05) is 21.2 Å². The number of halogens is 4. The van der Waals surface area contributed by atoms with Gasteiger partial charge in [-0.2, -0.15) is 0 Å². The van der Waals surface area contributed by atoms with Gasteiger partial charge in [-0.3, -0.25) is 0 Å². The van der Waals surface area contributed by atoms with Crippen molar-refractivity contribution >= 4 is 57.2 Å². The van der Waals surface area contributed by atoms with Crippen LogP contribution in [0.3, 0.4) is 0 Å². The molecule has 0 heterocycles. The zero-order valence-electron chi connectivity index (χ0n) is 22.9. The molecule has 210 valence electrons. The van der Waals surface area contributed by atoms with Gasteiger partial charge in [0, 0.05) is 31.0 Å². The fraction of sp³-hybridized carbons (Fsp3) is 0.333. The molecule has 2 aliphatic carbocycles. The van der Waals surface area contributed by atoms with Crippen molar-refractivity contribution in [3.05, 3.63) is 114 Å². The van der Waals surface area contributed by atoms with Crippen molar-refractivity contribution in [3.8, 4) is 0 Å². The normalized spacial score (nSPS) is 21.8. The van der Waals surface area contributed by atoms with Crippen molar-refractivity contribution in [2.45, 2.75) is 49.6 Å². The minimum Gasteiger partial charge on any atom is -0.400 e. The molecule has 0 spiro atoms. The first-order valence-electron chi connectivity index (χ1n) is 13.7. The standard InChI is InChI=1S/C32H30Cl4N2.CH4O/c1-37-28-13-9-20(18-5-11-24(33)26(35)15-18)31-22(28)7-3-17-4-8-23-29(38-2)14-10-21(32(23)30(17)31)19-6-12-25(34)27(36)16-19;1-2/h3-8,11-12,15-16,20-21,28-29,37-38H,9-10,13-14H2,1-2H3;2H,1H3/t20-,21-,28-,29-;/m0./s1. The minimum atomic E-state index is 0.226. The summed E-state index contributed by atoms with van der Waals surface area (Å²) in [6, 6.07) is 22.1. The Morgan fingerprint density at radius 1 is 0.575 bits per heavy atom. The predicted molar refractivity (Wildman–Crippen MR) is 171 cm³/mol. The number of aliphatic hydroxyl groups is 1. The molecule has 40 heavy (non-hydrogen) atoms. The second-order valence-electron chi connectivity index (χ2n) is 10.5. The molecule has 0 unspecified atom stereocenters. The molecular weight excluding hydrogens is 582 g/mol. The monoisotopic (exact) mass is 614 g/mol. The molecule has 0 saturated carbocycles. The Morgan fingerprint density at radius 2 is 1.00 bits per heavy atom. The fourth-order valence-electron chi connectivity index (χ4n) is 6.86. The number of nitrogens with one attached hydrogen (secondary N) is 2. The van der Waals surface area contributed by atoms with Crippen LogP contribution in [0.4, 0.5) is 0 Å². The van der Waals surface area contributed by atoms with Gasteiger partial charge < -0.3 is 15.7 Å². The lowest BCUT2D eigenvalue weighted by atomic mass is 9.69. The highest BCUT2D eigenvalue weighted by Gasteiger charge is 2.35. The van der Waals surface area contributed by atoms with Gasteiger partial charge in [0.2, 0.25) is 0 Å². The average molecular weight is 616 g/mol. The molecule has 6 rings (SSSR count). The second kappa shape index (κ2) is 12.6. The summed E-state index contributed by atoms with van der Waals surface area (Å²) < 4.78 is 0. The van der Waals surface area contributed by atoms with Gasteiger partial charge in [0.05, 0.1) is 20.1 Å². The molecule has 0 amide bonds. The maximum atomic E-state index is 7.00. The summed E-state index contributed by atoms with van der Waals surface area (Å²) in [7, 11) is 5.13. The van der Waals surface area contributed by atoms with E-state index in [1.807, 2.05) is 12.1 Å². The summed E-state index contributed by atoms with van der Waals surface area (Å²) in [4.78, 5) is 0. The molecule has 2 aliphatic rings. The number of hydrogen-bond acceptors (Lipinski definition) is 3. The number of rotatable bonds is 4. The van der Waals surface area contributed by atoms with Gasteiger partial charge >= 0.3 is 0 Å². The molecular formula is C33H34Cl4N2O. The van der Waals surface area contributed by atoms with E-state index in [1.54, 1.807) is 0 Å². The van der Waals surface area contributed by atoms with Crippen molar-refractivity contribution in [2.24, 2.45) is 0 Å². The Hall–Kier alpha value is -1.82. The van der Waals surface area contributed by atoms with Crippen molar-refractivity contribution in [1.29, 1.82) is 0 Å². The van der Waals surface area contributed by atoms with Crippen LogP contribution in [0, 0.1) is 0 Å². The molecule has 0 aromatic heterocycles. The molecule has 0 radical (unpaired) electrons. The van der Waals surface area contributed by atoms with Gasteiger partial charge in [0.1, 0.15) is 0 Å². The largest absolute Gasteiger partial charge is 0.400 e. The van der Waals surface area contributed by atoms with Crippen LogP contribution in [0.15, 0.2) is 60.7 Å². The topological polar surface area (TPSA) is 44.3 Å². The zero-order valence-corrected chi connectivity index (χ0v) is 25.9. The number of hydrogen-bond donors (Lipinski definition) is 3.